The van der Waals surface area contributed by atoms with Crippen molar-refractivity contribution in [3.8, 4) is 0 Å². The van der Waals surface area contributed by atoms with Gasteiger partial charge >= 0.3 is 12.0 Å². The molecule has 110 valence electrons. The number of carboxylic acids is 1. The van der Waals surface area contributed by atoms with Gasteiger partial charge in [0.1, 0.15) is 6.04 Å². The van der Waals surface area contributed by atoms with Crippen molar-refractivity contribution in [2.24, 2.45) is 5.92 Å². The zero-order chi connectivity index (χ0) is 14.6. The summed E-state index contributed by atoms with van der Waals surface area (Å²) in [4.78, 5) is 24.3. The molecule has 0 spiro atoms. The van der Waals surface area contributed by atoms with Gasteiger partial charge in [0.15, 0.2) is 0 Å². The van der Waals surface area contributed by atoms with E-state index in [9.17, 15) is 14.7 Å². The van der Waals surface area contributed by atoms with Crippen LogP contribution in [-0.2, 0) is 4.79 Å². The molecule has 0 bridgehead atoms. The van der Waals surface area contributed by atoms with E-state index in [0.29, 0.717) is 5.92 Å². The Labute approximate surface area is 113 Å². The van der Waals surface area contributed by atoms with Crippen molar-refractivity contribution < 1.29 is 19.8 Å². The molecular formula is C13H24N2O4. The van der Waals surface area contributed by atoms with E-state index in [1.165, 1.54) is 4.90 Å². The first-order chi connectivity index (χ1) is 8.85. The summed E-state index contributed by atoms with van der Waals surface area (Å²) >= 11 is 0. The lowest BCUT2D eigenvalue weighted by atomic mass is 10.0. The maximum Gasteiger partial charge on any atom is 0.326 e. The Morgan fingerprint density at radius 3 is 2.58 bits per heavy atom. The van der Waals surface area contributed by atoms with Crippen molar-refractivity contribution in [2.45, 2.75) is 58.2 Å². The predicted octanol–water partition coefficient (Wildman–Crippen LogP) is 1.04. The number of aliphatic hydroxyl groups is 1. The summed E-state index contributed by atoms with van der Waals surface area (Å²) in [6.07, 6.45) is 1.25. The first kappa shape index (κ1) is 15.8. The lowest BCUT2D eigenvalue weighted by Gasteiger charge is -2.25. The fraction of sp³-hybridized carbons (Fsp3) is 0.846. The van der Waals surface area contributed by atoms with Gasteiger partial charge in [-0.15, -0.1) is 0 Å². The molecule has 1 saturated heterocycles. The summed E-state index contributed by atoms with van der Waals surface area (Å²) in [5.74, 6) is -0.559. The van der Waals surface area contributed by atoms with E-state index in [0.717, 1.165) is 12.8 Å². The highest BCUT2D eigenvalue weighted by atomic mass is 16.4. The molecule has 0 aromatic carbocycles. The summed E-state index contributed by atoms with van der Waals surface area (Å²) in [5, 5.41) is 21.3. The third-order valence-electron chi connectivity index (χ3n) is 3.65. The first-order valence-electron chi connectivity index (χ1n) is 6.83. The van der Waals surface area contributed by atoms with Crippen LogP contribution >= 0.6 is 0 Å². The van der Waals surface area contributed by atoms with E-state index in [1.807, 2.05) is 6.92 Å². The van der Waals surface area contributed by atoms with Crippen LogP contribution in [0.1, 0.15) is 40.0 Å². The monoisotopic (exact) mass is 272 g/mol. The number of carboxylic acid groups (broad SMARTS) is 1. The number of carbonyl (C=O) groups is 2. The normalized spacial score (nSPS) is 26.0. The van der Waals surface area contributed by atoms with Crippen LogP contribution in [0.25, 0.3) is 0 Å². The quantitative estimate of drug-likeness (QED) is 0.697. The Hall–Kier alpha value is -1.30. The van der Waals surface area contributed by atoms with Crippen molar-refractivity contribution >= 4 is 12.0 Å². The van der Waals surface area contributed by atoms with Crippen molar-refractivity contribution in [2.75, 3.05) is 6.54 Å². The maximum absolute atomic E-state index is 12.0. The average molecular weight is 272 g/mol. The molecule has 1 rings (SSSR count). The lowest BCUT2D eigenvalue weighted by molar-refractivity contribution is -0.141. The number of rotatable bonds is 5. The molecule has 1 aliphatic heterocycles. The van der Waals surface area contributed by atoms with Gasteiger partial charge in [-0.3, -0.25) is 0 Å². The topological polar surface area (TPSA) is 89.9 Å². The molecule has 6 heteroatoms. The van der Waals surface area contributed by atoms with Gasteiger partial charge in [-0.05, 0) is 19.3 Å². The molecule has 0 aromatic heterocycles. The summed E-state index contributed by atoms with van der Waals surface area (Å²) in [5.41, 5.74) is 0. The molecular weight excluding hydrogens is 248 g/mol. The Balaban J connectivity index is 2.54. The maximum atomic E-state index is 12.0. The molecule has 1 aliphatic rings. The Morgan fingerprint density at radius 1 is 1.42 bits per heavy atom. The van der Waals surface area contributed by atoms with E-state index in [2.05, 4.69) is 19.2 Å². The number of β-amino-alcohol motifs (C(OH)–C–C–N with tert-alkyl or cyclic N) is 1. The fourth-order valence-electron chi connectivity index (χ4n) is 2.40. The van der Waals surface area contributed by atoms with Crippen LogP contribution in [0.15, 0.2) is 0 Å². The number of amides is 2. The van der Waals surface area contributed by atoms with E-state index >= 15 is 0 Å². The second kappa shape index (κ2) is 6.75. The minimum absolute atomic E-state index is 0.00497. The first-order valence-corrected chi connectivity index (χ1v) is 6.83. The summed E-state index contributed by atoms with van der Waals surface area (Å²) < 4.78 is 0. The molecule has 0 aromatic rings. The van der Waals surface area contributed by atoms with Gasteiger partial charge in [0, 0.05) is 19.0 Å². The number of urea groups is 1. The van der Waals surface area contributed by atoms with Crippen molar-refractivity contribution in [3.05, 3.63) is 0 Å². The van der Waals surface area contributed by atoms with Crippen molar-refractivity contribution in [1.29, 1.82) is 0 Å². The largest absolute Gasteiger partial charge is 0.480 e. The fourth-order valence-corrected chi connectivity index (χ4v) is 2.40. The molecule has 0 radical (unpaired) electrons. The van der Waals surface area contributed by atoms with Crippen LogP contribution in [-0.4, -0.2) is 51.8 Å². The number of hydrogen-bond acceptors (Lipinski definition) is 3. The van der Waals surface area contributed by atoms with Gasteiger partial charge in [-0.25, -0.2) is 9.59 Å². The van der Waals surface area contributed by atoms with Crippen LogP contribution < -0.4 is 5.32 Å². The molecule has 19 heavy (non-hydrogen) atoms. The van der Waals surface area contributed by atoms with Crippen LogP contribution in [0.4, 0.5) is 4.79 Å². The standard InChI is InChI=1S/C13H24N2O4/c1-4-8(2)5-9(3)14-13(19)15-7-10(16)6-11(15)12(17)18/h8-11,16H,4-7H2,1-3H3,(H,14,19)(H,17,18)/t8?,9?,10?,11-/m0/s1. The molecule has 2 amide bonds. The highest BCUT2D eigenvalue weighted by molar-refractivity contribution is 5.83. The summed E-state index contributed by atoms with van der Waals surface area (Å²) in [6.45, 7) is 6.20. The number of carbonyl (C=O) groups excluding carboxylic acids is 1. The highest BCUT2D eigenvalue weighted by Crippen LogP contribution is 2.18. The number of hydrogen-bond donors (Lipinski definition) is 3. The van der Waals surface area contributed by atoms with Gasteiger partial charge in [-0.1, -0.05) is 20.3 Å². The van der Waals surface area contributed by atoms with Crippen LogP contribution in [0.3, 0.4) is 0 Å². The average Bonchev–Trinajstić information content (AvgIpc) is 2.71. The van der Waals surface area contributed by atoms with Gasteiger partial charge in [0.05, 0.1) is 6.10 Å². The Bertz CT molecular complexity index is 335. The van der Waals surface area contributed by atoms with Crippen molar-refractivity contribution in [3.63, 3.8) is 0 Å². The van der Waals surface area contributed by atoms with Crippen LogP contribution in [0, 0.1) is 5.92 Å². The molecule has 1 heterocycles. The number of nitrogens with one attached hydrogen (secondary N) is 1. The lowest BCUT2D eigenvalue weighted by Crippen LogP contribution is -2.48. The van der Waals surface area contributed by atoms with Crippen LogP contribution in [0.5, 0.6) is 0 Å². The molecule has 0 aliphatic carbocycles. The summed E-state index contributed by atoms with van der Waals surface area (Å²) in [6, 6.07) is -1.33. The predicted molar refractivity (Wildman–Crippen MR) is 70.8 cm³/mol. The number of aliphatic carboxylic acids is 1. The van der Waals surface area contributed by atoms with Gasteiger partial charge in [0.2, 0.25) is 0 Å². The minimum Gasteiger partial charge on any atom is -0.480 e. The zero-order valence-electron chi connectivity index (χ0n) is 11.8. The molecule has 0 saturated carbocycles. The molecule has 4 atom stereocenters. The van der Waals surface area contributed by atoms with Gasteiger partial charge in [0.25, 0.3) is 0 Å². The number of aliphatic hydroxyl groups excluding tert-OH is 1. The number of nitrogens with zero attached hydrogens (tertiary/aromatic N) is 1. The minimum atomic E-state index is -1.07. The highest BCUT2D eigenvalue weighted by Gasteiger charge is 2.39. The van der Waals surface area contributed by atoms with E-state index in [-0.39, 0.29) is 19.0 Å². The van der Waals surface area contributed by atoms with E-state index in [1.54, 1.807) is 0 Å². The number of likely N-dealkylation sites (tertiary alicyclic amines) is 1. The zero-order valence-corrected chi connectivity index (χ0v) is 11.8. The van der Waals surface area contributed by atoms with Gasteiger partial charge in [-0.2, -0.15) is 0 Å². The summed E-state index contributed by atoms with van der Waals surface area (Å²) in [7, 11) is 0. The second-order valence-electron chi connectivity index (χ2n) is 5.50. The SMILES string of the molecule is CCC(C)CC(C)NC(=O)N1CC(O)C[C@H]1C(=O)O. The van der Waals surface area contributed by atoms with Gasteiger partial charge < -0.3 is 20.4 Å². The smallest absolute Gasteiger partial charge is 0.326 e. The third-order valence-corrected chi connectivity index (χ3v) is 3.65. The van der Waals surface area contributed by atoms with E-state index in [4.69, 9.17) is 5.11 Å². The van der Waals surface area contributed by atoms with E-state index < -0.39 is 24.1 Å². The molecule has 1 fully saturated rings. The van der Waals surface area contributed by atoms with Crippen LogP contribution in [0.2, 0.25) is 0 Å². The second-order valence-corrected chi connectivity index (χ2v) is 5.50. The molecule has 3 N–H and O–H groups in total. The third kappa shape index (κ3) is 4.38. The van der Waals surface area contributed by atoms with Crippen molar-refractivity contribution in [1.82, 2.24) is 10.2 Å². The Kier molecular flexibility index (Phi) is 5.60. The molecule has 3 unspecified atom stereocenters. The molecule has 6 nitrogen and oxygen atoms in total. The Morgan fingerprint density at radius 2 is 2.05 bits per heavy atom.